The number of para-hydroxylation sites is 1. The summed E-state index contributed by atoms with van der Waals surface area (Å²) in [5, 5.41) is 9.00. The first kappa shape index (κ1) is 21.6. The SMILES string of the molecule is Cc1ccc(NC(=O)c2ccccc2NC(=O)C(=O)N/N=C\c2ccc3c(c2)OCO3)cc1. The molecular weight excluding hydrogens is 424 g/mol. The average Bonchev–Trinajstić information content (AvgIpc) is 3.29. The molecule has 0 spiro atoms. The number of hydrogen-bond donors (Lipinski definition) is 3. The number of hydrazone groups is 1. The number of hydrogen-bond acceptors (Lipinski definition) is 6. The molecule has 3 amide bonds. The number of benzene rings is 3. The highest BCUT2D eigenvalue weighted by Crippen LogP contribution is 2.31. The van der Waals surface area contributed by atoms with Crippen molar-refractivity contribution < 1.29 is 23.9 Å². The van der Waals surface area contributed by atoms with Crippen LogP contribution >= 0.6 is 0 Å². The zero-order valence-electron chi connectivity index (χ0n) is 17.6. The first-order valence-corrected chi connectivity index (χ1v) is 10.0. The minimum atomic E-state index is -0.985. The Bertz CT molecular complexity index is 1240. The lowest BCUT2D eigenvalue weighted by atomic mass is 10.1. The van der Waals surface area contributed by atoms with E-state index in [1.165, 1.54) is 12.3 Å². The summed E-state index contributed by atoms with van der Waals surface area (Å²) in [4.78, 5) is 37.1. The van der Waals surface area contributed by atoms with Crippen LogP contribution in [-0.2, 0) is 9.59 Å². The average molecular weight is 444 g/mol. The molecule has 3 aromatic rings. The number of carbonyl (C=O) groups is 3. The summed E-state index contributed by atoms with van der Waals surface area (Å²) in [6, 6.07) is 18.8. The van der Waals surface area contributed by atoms with Crippen LogP contribution in [0.4, 0.5) is 11.4 Å². The quantitative estimate of drug-likeness (QED) is 0.318. The number of anilines is 2. The Morgan fingerprint density at radius 2 is 1.64 bits per heavy atom. The highest BCUT2D eigenvalue weighted by molar-refractivity contribution is 6.40. The van der Waals surface area contributed by atoms with Gasteiger partial charge >= 0.3 is 11.8 Å². The number of carbonyl (C=O) groups excluding carboxylic acids is 3. The first-order chi connectivity index (χ1) is 16.0. The fraction of sp³-hybridized carbons (Fsp3) is 0.0833. The normalized spacial score (nSPS) is 11.8. The van der Waals surface area contributed by atoms with Crippen LogP contribution in [0, 0.1) is 6.92 Å². The Balaban J connectivity index is 1.37. The van der Waals surface area contributed by atoms with Crippen LogP contribution in [0.25, 0.3) is 0 Å². The third-order valence-corrected chi connectivity index (χ3v) is 4.71. The maximum atomic E-state index is 12.7. The Kier molecular flexibility index (Phi) is 6.31. The molecule has 3 aromatic carbocycles. The Morgan fingerprint density at radius 3 is 2.45 bits per heavy atom. The van der Waals surface area contributed by atoms with Crippen LogP contribution in [0.5, 0.6) is 11.5 Å². The predicted molar refractivity (Wildman–Crippen MR) is 123 cm³/mol. The molecule has 0 aliphatic carbocycles. The van der Waals surface area contributed by atoms with E-state index in [0.29, 0.717) is 22.7 Å². The van der Waals surface area contributed by atoms with Crippen LogP contribution in [0.15, 0.2) is 71.8 Å². The lowest BCUT2D eigenvalue weighted by molar-refractivity contribution is -0.136. The number of nitrogens with zero attached hydrogens (tertiary/aromatic N) is 1. The third-order valence-electron chi connectivity index (χ3n) is 4.71. The van der Waals surface area contributed by atoms with Crippen molar-refractivity contribution in [1.29, 1.82) is 0 Å². The van der Waals surface area contributed by atoms with Gasteiger partial charge in [-0.2, -0.15) is 5.10 Å². The van der Waals surface area contributed by atoms with Gasteiger partial charge in [-0.05, 0) is 55.0 Å². The van der Waals surface area contributed by atoms with Crippen LogP contribution < -0.4 is 25.5 Å². The van der Waals surface area contributed by atoms with E-state index in [1.54, 1.807) is 48.5 Å². The molecule has 0 atom stereocenters. The molecule has 1 heterocycles. The lowest BCUT2D eigenvalue weighted by Crippen LogP contribution is -2.33. The molecule has 3 N–H and O–H groups in total. The summed E-state index contributed by atoms with van der Waals surface area (Å²) in [7, 11) is 0. The van der Waals surface area contributed by atoms with Crippen molar-refractivity contribution in [3.8, 4) is 11.5 Å². The van der Waals surface area contributed by atoms with Crippen molar-refractivity contribution in [2.45, 2.75) is 6.92 Å². The van der Waals surface area contributed by atoms with Gasteiger partial charge in [-0.3, -0.25) is 14.4 Å². The fourth-order valence-corrected chi connectivity index (χ4v) is 3.01. The van der Waals surface area contributed by atoms with E-state index in [9.17, 15) is 14.4 Å². The van der Waals surface area contributed by atoms with Gasteiger partial charge in [0.05, 0.1) is 17.5 Å². The van der Waals surface area contributed by atoms with Crippen molar-refractivity contribution >= 4 is 35.3 Å². The van der Waals surface area contributed by atoms with Crippen molar-refractivity contribution in [3.63, 3.8) is 0 Å². The zero-order valence-corrected chi connectivity index (χ0v) is 17.6. The molecule has 1 aliphatic heterocycles. The molecule has 0 saturated carbocycles. The van der Waals surface area contributed by atoms with E-state index in [1.807, 2.05) is 19.1 Å². The van der Waals surface area contributed by atoms with E-state index >= 15 is 0 Å². The minimum absolute atomic E-state index is 0.150. The molecule has 4 rings (SSSR count). The van der Waals surface area contributed by atoms with Crippen LogP contribution in [0.1, 0.15) is 21.5 Å². The van der Waals surface area contributed by atoms with Gasteiger partial charge in [-0.25, -0.2) is 5.43 Å². The molecule has 0 fully saturated rings. The van der Waals surface area contributed by atoms with Crippen molar-refractivity contribution in [2.75, 3.05) is 17.4 Å². The van der Waals surface area contributed by atoms with Crippen LogP contribution in [0.2, 0.25) is 0 Å². The topological polar surface area (TPSA) is 118 Å². The Morgan fingerprint density at radius 1 is 0.879 bits per heavy atom. The van der Waals surface area contributed by atoms with Gasteiger partial charge < -0.3 is 20.1 Å². The van der Waals surface area contributed by atoms with Gasteiger partial charge in [-0.15, -0.1) is 0 Å². The van der Waals surface area contributed by atoms with Crippen LogP contribution in [-0.4, -0.2) is 30.7 Å². The smallest absolute Gasteiger partial charge is 0.329 e. The van der Waals surface area contributed by atoms with E-state index in [2.05, 4.69) is 21.2 Å². The van der Waals surface area contributed by atoms with Crippen molar-refractivity contribution in [2.24, 2.45) is 5.10 Å². The van der Waals surface area contributed by atoms with Crippen molar-refractivity contribution in [1.82, 2.24) is 5.43 Å². The van der Waals surface area contributed by atoms with E-state index < -0.39 is 17.7 Å². The molecular formula is C24H20N4O5. The molecule has 33 heavy (non-hydrogen) atoms. The maximum Gasteiger partial charge on any atom is 0.329 e. The number of fused-ring (bicyclic) bond motifs is 1. The molecule has 0 bridgehead atoms. The third kappa shape index (κ3) is 5.34. The molecule has 0 unspecified atom stereocenters. The minimum Gasteiger partial charge on any atom is -0.454 e. The summed E-state index contributed by atoms with van der Waals surface area (Å²) in [6.07, 6.45) is 1.37. The maximum absolute atomic E-state index is 12.7. The molecule has 0 saturated heterocycles. The number of ether oxygens (including phenoxy) is 2. The van der Waals surface area contributed by atoms with Gasteiger partial charge in [-0.1, -0.05) is 29.8 Å². The van der Waals surface area contributed by atoms with E-state index in [0.717, 1.165) is 5.56 Å². The Hall–Kier alpha value is -4.66. The summed E-state index contributed by atoms with van der Waals surface area (Å²) in [6.45, 7) is 2.10. The highest BCUT2D eigenvalue weighted by Gasteiger charge is 2.18. The Labute approximate surface area is 189 Å². The largest absolute Gasteiger partial charge is 0.454 e. The van der Waals surface area contributed by atoms with Crippen LogP contribution in [0.3, 0.4) is 0 Å². The van der Waals surface area contributed by atoms with Crippen molar-refractivity contribution in [3.05, 3.63) is 83.4 Å². The number of amides is 3. The first-order valence-electron chi connectivity index (χ1n) is 10.0. The summed E-state index contributed by atoms with van der Waals surface area (Å²) in [5.41, 5.74) is 4.89. The molecule has 1 aliphatic rings. The van der Waals surface area contributed by atoms with Gasteiger partial charge in [0.25, 0.3) is 5.91 Å². The molecule has 9 nitrogen and oxygen atoms in total. The summed E-state index contributed by atoms with van der Waals surface area (Å²) >= 11 is 0. The van der Waals surface area contributed by atoms with Gasteiger partial charge in [0.2, 0.25) is 6.79 Å². The second-order valence-corrected chi connectivity index (χ2v) is 7.13. The van der Waals surface area contributed by atoms with Gasteiger partial charge in [0.1, 0.15) is 0 Å². The fourth-order valence-electron chi connectivity index (χ4n) is 3.01. The predicted octanol–water partition coefficient (Wildman–Crippen LogP) is 3.06. The molecule has 0 aromatic heterocycles. The number of nitrogens with one attached hydrogen (secondary N) is 3. The number of rotatable bonds is 5. The van der Waals surface area contributed by atoms with E-state index in [-0.39, 0.29) is 18.0 Å². The summed E-state index contributed by atoms with van der Waals surface area (Å²) < 4.78 is 10.5. The van der Waals surface area contributed by atoms with E-state index in [4.69, 9.17) is 9.47 Å². The summed E-state index contributed by atoms with van der Waals surface area (Å²) in [5.74, 6) is -1.17. The lowest BCUT2D eigenvalue weighted by Gasteiger charge is -2.11. The monoisotopic (exact) mass is 444 g/mol. The second kappa shape index (κ2) is 9.65. The molecule has 9 heteroatoms. The standard InChI is InChI=1S/C24H20N4O5/c1-15-6-9-17(10-7-15)26-22(29)18-4-2-3-5-19(18)27-23(30)24(31)28-25-13-16-8-11-20-21(12-16)33-14-32-20/h2-13H,14H2,1H3,(H,26,29)(H,27,30)(H,28,31)/b25-13-. The van der Waals surface area contributed by atoms with Gasteiger partial charge in [0, 0.05) is 5.69 Å². The zero-order chi connectivity index (χ0) is 23.2. The highest BCUT2D eigenvalue weighted by atomic mass is 16.7. The second-order valence-electron chi connectivity index (χ2n) is 7.13. The molecule has 166 valence electrons. The van der Waals surface area contributed by atoms with Gasteiger partial charge in [0.15, 0.2) is 11.5 Å². The number of aryl methyl sites for hydroxylation is 1. The molecule has 0 radical (unpaired) electrons.